The first-order chi connectivity index (χ1) is 8.20. The van der Waals surface area contributed by atoms with Gasteiger partial charge in [-0.2, -0.15) is 0 Å². The molecule has 1 aliphatic rings. The molecule has 94 valence electrons. The Morgan fingerprint density at radius 2 is 2.41 bits per heavy atom. The van der Waals surface area contributed by atoms with Crippen molar-refractivity contribution in [3.05, 3.63) is 22.6 Å². The quantitative estimate of drug-likeness (QED) is 0.868. The molecular formula is C12H16BrNO3. The van der Waals surface area contributed by atoms with Crippen molar-refractivity contribution in [3.8, 4) is 0 Å². The standard InChI is InChI=1S/C12H16BrNO3/c1-16-12(15)9-3-2-4-10(9)14-7-8-5-6-11(13)17-8/h5-6,9-10,14H,2-4,7H2,1H3/t9-,10+/m1/s1. The van der Waals surface area contributed by atoms with Crippen LogP contribution < -0.4 is 5.32 Å². The Kier molecular flexibility index (Phi) is 4.23. The molecule has 1 aromatic rings. The molecule has 0 amide bonds. The summed E-state index contributed by atoms with van der Waals surface area (Å²) in [7, 11) is 1.45. The number of methoxy groups -OCH3 is 1. The molecule has 0 bridgehead atoms. The molecule has 0 spiro atoms. The van der Waals surface area contributed by atoms with Crippen LogP contribution in [0.25, 0.3) is 0 Å². The fourth-order valence-electron chi connectivity index (χ4n) is 2.32. The van der Waals surface area contributed by atoms with Gasteiger partial charge in [-0.05, 0) is 40.9 Å². The lowest BCUT2D eigenvalue weighted by atomic mass is 10.0. The number of rotatable bonds is 4. The molecule has 17 heavy (non-hydrogen) atoms. The van der Waals surface area contributed by atoms with Gasteiger partial charge in [-0.15, -0.1) is 0 Å². The van der Waals surface area contributed by atoms with Crippen molar-refractivity contribution in [2.24, 2.45) is 5.92 Å². The molecule has 1 fully saturated rings. The topological polar surface area (TPSA) is 51.5 Å². The Bertz CT molecular complexity index is 391. The fourth-order valence-corrected chi connectivity index (χ4v) is 2.66. The van der Waals surface area contributed by atoms with Crippen LogP contribution in [0.5, 0.6) is 0 Å². The highest BCUT2D eigenvalue weighted by atomic mass is 79.9. The van der Waals surface area contributed by atoms with Gasteiger partial charge in [0.1, 0.15) is 5.76 Å². The van der Waals surface area contributed by atoms with E-state index in [9.17, 15) is 4.79 Å². The molecule has 1 aromatic heterocycles. The minimum absolute atomic E-state index is 0.0154. The zero-order valence-electron chi connectivity index (χ0n) is 9.74. The molecule has 1 aliphatic carbocycles. The summed E-state index contributed by atoms with van der Waals surface area (Å²) in [6.07, 6.45) is 2.99. The molecule has 0 unspecified atom stereocenters. The van der Waals surface area contributed by atoms with Crippen LogP contribution in [0.4, 0.5) is 0 Å². The first kappa shape index (κ1) is 12.6. The van der Waals surface area contributed by atoms with E-state index in [0.29, 0.717) is 6.54 Å². The summed E-state index contributed by atoms with van der Waals surface area (Å²) >= 11 is 3.26. The van der Waals surface area contributed by atoms with E-state index in [1.54, 1.807) is 0 Å². The highest BCUT2D eigenvalue weighted by Crippen LogP contribution is 2.27. The number of esters is 1. The third-order valence-corrected chi connectivity index (χ3v) is 3.61. The smallest absolute Gasteiger partial charge is 0.310 e. The summed E-state index contributed by atoms with van der Waals surface area (Å²) in [4.78, 5) is 11.5. The third kappa shape index (κ3) is 3.10. The van der Waals surface area contributed by atoms with E-state index in [1.807, 2.05) is 12.1 Å². The maximum Gasteiger partial charge on any atom is 0.310 e. The van der Waals surface area contributed by atoms with Crippen LogP contribution >= 0.6 is 15.9 Å². The highest BCUT2D eigenvalue weighted by Gasteiger charge is 2.33. The molecule has 0 saturated heterocycles. The van der Waals surface area contributed by atoms with E-state index in [2.05, 4.69) is 21.2 Å². The third-order valence-electron chi connectivity index (χ3n) is 3.19. The van der Waals surface area contributed by atoms with E-state index in [1.165, 1.54) is 7.11 Å². The summed E-state index contributed by atoms with van der Waals surface area (Å²) in [6, 6.07) is 3.98. The van der Waals surface area contributed by atoms with E-state index < -0.39 is 0 Å². The number of hydrogen-bond donors (Lipinski definition) is 1. The molecule has 5 heteroatoms. The fraction of sp³-hybridized carbons (Fsp3) is 0.583. The van der Waals surface area contributed by atoms with Crippen LogP contribution in [-0.4, -0.2) is 19.1 Å². The number of carbonyl (C=O) groups is 1. The number of nitrogens with one attached hydrogen (secondary N) is 1. The lowest BCUT2D eigenvalue weighted by Gasteiger charge is -2.18. The van der Waals surface area contributed by atoms with E-state index in [0.717, 1.165) is 29.7 Å². The van der Waals surface area contributed by atoms with Crippen molar-refractivity contribution < 1.29 is 13.9 Å². The van der Waals surface area contributed by atoms with Crippen molar-refractivity contribution in [1.29, 1.82) is 0 Å². The molecule has 0 aromatic carbocycles. The van der Waals surface area contributed by atoms with Crippen LogP contribution in [0.2, 0.25) is 0 Å². The number of hydrogen-bond acceptors (Lipinski definition) is 4. The molecule has 4 nitrogen and oxygen atoms in total. The second-order valence-electron chi connectivity index (χ2n) is 4.25. The SMILES string of the molecule is COC(=O)[C@@H]1CCC[C@@H]1NCc1ccc(Br)o1. The number of furan rings is 1. The maximum atomic E-state index is 11.5. The lowest BCUT2D eigenvalue weighted by molar-refractivity contribution is -0.145. The molecule has 0 aliphatic heterocycles. The zero-order valence-corrected chi connectivity index (χ0v) is 11.3. The Morgan fingerprint density at radius 3 is 3.06 bits per heavy atom. The van der Waals surface area contributed by atoms with Crippen molar-refractivity contribution in [3.63, 3.8) is 0 Å². The van der Waals surface area contributed by atoms with Crippen LogP contribution in [0.15, 0.2) is 21.2 Å². The van der Waals surface area contributed by atoms with Crippen LogP contribution in [0.1, 0.15) is 25.0 Å². The molecule has 1 N–H and O–H groups in total. The van der Waals surface area contributed by atoms with Crippen molar-refractivity contribution in [1.82, 2.24) is 5.32 Å². The normalized spacial score (nSPS) is 23.9. The Balaban J connectivity index is 1.88. The van der Waals surface area contributed by atoms with Gasteiger partial charge in [-0.3, -0.25) is 4.79 Å². The average molecular weight is 302 g/mol. The van der Waals surface area contributed by atoms with Crippen LogP contribution in [0.3, 0.4) is 0 Å². The summed E-state index contributed by atoms with van der Waals surface area (Å²) in [5.74, 6) is 0.742. The number of carbonyl (C=O) groups excluding carboxylic acids is 1. The van der Waals surface area contributed by atoms with Gasteiger partial charge in [-0.25, -0.2) is 0 Å². The second-order valence-corrected chi connectivity index (χ2v) is 5.04. The van der Waals surface area contributed by atoms with Crippen molar-refractivity contribution >= 4 is 21.9 Å². The molecular weight excluding hydrogens is 286 g/mol. The molecule has 0 radical (unpaired) electrons. The van der Waals surface area contributed by atoms with Crippen molar-refractivity contribution in [2.75, 3.05) is 7.11 Å². The molecule has 1 saturated carbocycles. The Labute approximate surface area is 109 Å². The van der Waals surface area contributed by atoms with E-state index in [-0.39, 0.29) is 17.9 Å². The largest absolute Gasteiger partial charge is 0.469 e. The Hall–Kier alpha value is -0.810. The van der Waals surface area contributed by atoms with Gasteiger partial charge >= 0.3 is 5.97 Å². The maximum absolute atomic E-state index is 11.5. The van der Waals surface area contributed by atoms with Gasteiger partial charge in [0, 0.05) is 6.04 Å². The average Bonchev–Trinajstić information content (AvgIpc) is 2.94. The molecule has 1 heterocycles. The molecule has 2 rings (SSSR count). The first-order valence-corrected chi connectivity index (χ1v) is 6.55. The van der Waals surface area contributed by atoms with E-state index >= 15 is 0 Å². The van der Waals surface area contributed by atoms with Gasteiger partial charge in [-0.1, -0.05) is 6.42 Å². The summed E-state index contributed by atoms with van der Waals surface area (Å²) in [6.45, 7) is 0.643. The number of halogens is 1. The second kappa shape index (κ2) is 5.69. The summed E-state index contributed by atoms with van der Waals surface area (Å²) < 4.78 is 10.9. The van der Waals surface area contributed by atoms with Gasteiger partial charge in [0.25, 0.3) is 0 Å². The van der Waals surface area contributed by atoms with Crippen molar-refractivity contribution in [2.45, 2.75) is 31.8 Å². The summed E-state index contributed by atoms with van der Waals surface area (Å²) in [5.41, 5.74) is 0. The highest BCUT2D eigenvalue weighted by molar-refractivity contribution is 9.10. The van der Waals surface area contributed by atoms with Gasteiger partial charge in [0.2, 0.25) is 0 Å². The summed E-state index contributed by atoms with van der Waals surface area (Å²) in [5, 5.41) is 3.36. The van der Waals surface area contributed by atoms with Gasteiger partial charge in [0.15, 0.2) is 4.67 Å². The lowest BCUT2D eigenvalue weighted by Crippen LogP contribution is -2.36. The van der Waals surface area contributed by atoms with Crippen LogP contribution in [-0.2, 0) is 16.1 Å². The monoisotopic (exact) mass is 301 g/mol. The minimum Gasteiger partial charge on any atom is -0.469 e. The number of ether oxygens (including phenoxy) is 1. The molecule has 2 atom stereocenters. The predicted molar refractivity (Wildman–Crippen MR) is 66.4 cm³/mol. The van der Waals surface area contributed by atoms with E-state index in [4.69, 9.17) is 9.15 Å². The van der Waals surface area contributed by atoms with Gasteiger partial charge in [0.05, 0.1) is 19.6 Å². The predicted octanol–water partition coefficient (Wildman–Crippen LogP) is 2.47. The first-order valence-electron chi connectivity index (χ1n) is 5.76. The minimum atomic E-state index is -0.111. The van der Waals surface area contributed by atoms with Crippen LogP contribution in [0, 0.1) is 5.92 Å². The Morgan fingerprint density at radius 1 is 1.59 bits per heavy atom. The van der Waals surface area contributed by atoms with Gasteiger partial charge < -0.3 is 14.5 Å². The zero-order chi connectivity index (χ0) is 12.3.